The topological polar surface area (TPSA) is 60.1 Å². The van der Waals surface area contributed by atoms with Crippen molar-refractivity contribution in [3.05, 3.63) is 52.6 Å². The number of carbonyl (C=O) groups is 1. The predicted molar refractivity (Wildman–Crippen MR) is 91.5 cm³/mol. The van der Waals surface area contributed by atoms with Crippen molar-refractivity contribution in [1.29, 1.82) is 0 Å². The standard InChI is InChI=1S/C18H16F2N4O2/c1-22-17-15(24(18(22)26)10-16(25)23-5-2-6-23)8-12(9-21-17)11-3-4-13(19)14(20)7-11/h3-4,7-9H,2,5-6,10H2,1H3. The van der Waals surface area contributed by atoms with Crippen LogP contribution in [0.2, 0.25) is 0 Å². The second-order valence-electron chi connectivity index (χ2n) is 6.36. The van der Waals surface area contributed by atoms with Gasteiger partial charge in [0.05, 0.1) is 5.52 Å². The SMILES string of the molecule is Cn1c(=O)n(CC(=O)N2CCC2)c2cc(-c3ccc(F)c(F)c3)cnc21. The highest BCUT2D eigenvalue weighted by molar-refractivity contribution is 5.82. The largest absolute Gasteiger partial charge is 0.341 e. The molecule has 1 aliphatic rings. The van der Waals surface area contributed by atoms with Crippen LogP contribution in [0, 0.1) is 11.6 Å². The molecule has 134 valence electrons. The Balaban J connectivity index is 1.81. The summed E-state index contributed by atoms with van der Waals surface area (Å²) in [7, 11) is 1.58. The van der Waals surface area contributed by atoms with E-state index in [-0.39, 0.29) is 18.1 Å². The van der Waals surface area contributed by atoms with E-state index >= 15 is 0 Å². The van der Waals surface area contributed by atoms with Gasteiger partial charge in [-0.3, -0.25) is 13.9 Å². The summed E-state index contributed by atoms with van der Waals surface area (Å²) in [5, 5.41) is 0. The van der Waals surface area contributed by atoms with Crippen LogP contribution in [0.1, 0.15) is 6.42 Å². The molecule has 0 spiro atoms. The van der Waals surface area contributed by atoms with Gasteiger partial charge >= 0.3 is 5.69 Å². The van der Waals surface area contributed by atoms with Gasteiger partial charge in [0.2, 0.25) is 5.91 Å². The molecule has 3 heterocycles. The summed E-state index contributed by atoms with van der Waals surface area (Å²) in [6.45, 7) is 1.34. The van der Waals surface area contributed by atoms with Crippen molar-refractivity contribution in [1.82, 2.24) is 19.0 Å². The van der Waals surface area contributed by atoms with Crippen molar-refractivity contribution in [2.75, 3.05) is 13.1 Å². The molecule has 4 rings (SSSR count). The van der Waals surface area contributed by atoms with Gasteiger partial charge in [-0.1, -0.05) is 6.07 Å². The molecule has 1 saturated heterocycles. The number of imidazole rings is 1. The van der Waals surface area contributed by atoms with Crippen LogP contribution < -0.4 is 5.69 Å². The zero-order valence-corrected chi connectivity index (χ0v) is 14.1. The molecular formula is C18H16F2N4O2. The predicted octanol–water partition coefficient (Wildman–Crippen LogP) is 1.91. The first-order valence-electron chi connectivity index (χ1n) is 8.24. The third kappa shape index (κ3) is 2.58. The Labute approximate surface area is 147 Å². The highest BCUT2D eigenvalue weighted by Gasteiger charge is 2.23. The van der Waals surface area contributed by atoms with Gasteiger partial charge in [-0.2, -0.15) is 0 Å². The minimum atomic E-state index is -0.957. The molecule has 1 amide bonds. The van der Waals surface area contributed by atoms with Gasteiger partial charge in [-0.05, 0) is 30.2 Å². The van der Waals surface area contributed by atoms with Crippen molar-refractivity contribution >= 4 is 17.1 Å². The maximum atomic E-state index is 13.5. The molecule has 1 aromatic carbocycles. The fourth-order valence-corrected chi connectivity index (χ4v) is 3.06. The summed E-state index contributed by atoms with van der Waals surface area (Å²) in [6, 6.07) is 5.23. The highest BCUT2D eigenvalue weighted by Crippen LogP contribution is 2.24. The molecule has 0 aliphatic carbocycles. The zero-order valence-electron chi connectivity index (χ0n) is 14.1. The number of aryl methyl sites for hydroxylation is 1. The first-order valence-corrected chi connectivity index (χ1v) is 8.24. The van der Waals surface area contributed by atoms with Crippen molar-refractivity contribution in [3.8, 4) is 11.1 Å². The quantitative estimate of drug-likeness (QED) is 0.719. The highest BCUT2D eigenvalue weighted by atomic mass is 19.2. The molecule has 1 fully saturated rings. The van der Waals surface area contributed by atoms with Crippen molar-refractivity contribution in [2.24, 2.45) is 7.05 Å². The van der Waals surface area contributed by atoms with Crippen LogP contribution in [-0.4, -0.2) is 38.0 Å². The monoisotopic (exact) mass is 358 g/mol. The summed E-state index contributed by atoms with van der Waals surface area (Å²) in [5.41, 5.74) is 1.54. The van der Waals surface area contributed by atoms with Crippen LogP contribution >= 0.6 is 0 Å². The third-order valence-electron chi connectivity index (χ3n) is 4.73. The number of nitrogens with zero attached hydrogens (tertiary/aromatic N) is 4. The number of hydrogen-bond donors (Lipinski definition) is 0. The number of carbonyl (C=O) groups excluding carboxylic acids is 1. The van der Waals surface area contributed by atoms with Crippen LogP contribution in [0.5, 0.6) is 0 Å². The number of aromatic nitrogens is 3. The van der Waals surface area contributed by atoms with E-state index in [2.05, 4.69) is 4.98 Å². The van der Waals surface area contributed by atoms with E-state index in [0.717, 1.165) is 18.6 Å². The summed E-state index contributed by atoms with van der Waals surface area (Å²) < 4.78 is 29.4. The Kier molecular flexibility index (Phi) is 3.82. The number of likely N-dealkylation sites (tertiary alicyclic amines) is 1. The lowest BCUT2D eigenvalue weighted by Crippen LogP contribution is -2.44. The molecule has 0 atom stereocenters. The van der Waals surface area contributed by atoms with Crippen molar-refractivity contribution < 1.29 is 13.6 Å². The Morgan fingerprint density at radius 3 is 2.58 bits per heavy atom. The van der Waals surface area contributed by atoms with Crippen LogP contribution in [0.4, 0.5) is 8.78 Å². The van der Waals surface area contributed by atoms with Gasteiger partial charge in [-0.25, -0.2) is 18.6 Å². The first-order chi connectivity index (χ1) is 12.5. The minimum absolute atomic E-state index is 0.0704. The number of hydrogen-bond acceptors (Lipinski definition) is 3. The Bertz CT molecular complexity index is 1080. The molecular weight excluding hydrogens is 342 g/mol. The molecule has 26 heavy (non-hydrogen) atoms. The first kappa shape index (κ1) is 16.4. The van der Waals surface area contributed by atoms with Crippen molar-refractivity contribution in [2.45, 2.75) is 13.0 Å². The van der Waals surface area contributed by atoms with Gasteiger partial charge in [0.1, 0.15) is 6.54 Å². The normalized spacial score (nSPS) is 13.9. The Hall–Kier alpha value is -3.03. The lowest BCUT2D eigenvalue weighted by Gasteiger charge is -2.30. The summed E-state index contributed by atoms with van der Waals surface area (Å²) >= 11 is 0. The molecule has 0 saturated carbocycles. The maximum absolute atomic E-state index is 13.5. The van der Waals surface area contributed by atoms with E-state index in [1.165, 1.54) is 21.4 Å². The van der Waals surface area contributed by atoms with E-state index in [1.807, 2.05) is 0 Å². The molecule has 6 nitrogen and oxygen atoms in total. The number of fused-ring (bicyclic) bond motifs is 1. The Morgan fingerprint density at radius 2 is 1.92 bits per heavy atom. The second-order valence-corrected chi connectivity index (χ2v) is 6.36. The molecule has 0 bridgehead atoms. The average molecular weight is 358 g/mol. The van der Waals surface area contributed by atoms with Gasteiger partial charge in [0.15, 0.2) is 17.3 Å². The summed E-state index contributed by atoms with van der Waals surface area (Å²) in [4.78, 5) is 30.8. The average Bonchev–Trinajstić information content (AvgIpc) is 2.80. The molecule has 1 aliphatic heterocycles. The molecule has 8 heteroatoms. The van der Waals surface area contributed by atoms with Gasteiger partial charge < -0.3 is 4.90 Å². The molecule has 0 unspecified atom stereocenters. The van der Waals surface area contributed by atoms with E-state index in [1.54, 1.807) is 18.0 Å². The van der Waals surface area contributed by atoms with E-state index in [9.17, 15) is 18.4 Å². The molecule has 2 aromatic heterocycles. The van der Waals surface area contributed by atoms with Crippen LogP contribution in [0.15, 0.2) is 35.3 Å². The lowest BCUT2D eigenvalue weighted by molar-refractivity contribution is -0.135. The molecule has 3 aromatic rings. The Morgan fingerprint density at radius 1 is 1.15 bits per heavy atom. The number of rotatable bonds is 3. The second kappa shape index (κ2) is 6.05. The molecule has 0 radical (unpaired) electrons. The van der Waals surface area contributed by atoms with Gasteiger partial charge in [-0.15, -0.1) is 0 Å². The number of benzene rings is 1. The third-order valence-corrected chi connectivity index (χ3v) is 4.73. The van der Waals surface area contributed by atoms with Crippen LogP contribution in [-0.2, 0) is 18.4 Å². The molecule has 0 N–H and O–H groups in total. The fourth-order valence-electron chi connectivity index (χ4n) is 3.06. The van der Waals surface area contributed by atoms with Crippen LogP contribution in [0.25, 0.3) is 22.3 Å². The van der Waals surface area contributed by atoms with E-state index < -0.39 is 11.6 Å². The number of amides is 1. The number of halogens is 2. The van der Waals surface area contributed by atoms with E-state index in [4.69, 9.17) is 0 Å². The lowest BCUT2D eigenvalue weighted by atomic mass is 10.1. The summed E-state index contributed by atoms with van der Waals surface area (Å²) in [5.74, 6) is -2.01. The minimum Gasteiger partial charge on any atom is -0.341 e. The van der Waals surface area contributed by atoms with Gasteiger partial charge in [0, 0.05) is 31.9 Å². The zero-order chi connectivity index (χ0) is 18.4. The van der Waals surface area contributed by atoms with E-state index in [0.29, 0.717) is 35.4 Å². The smallest absolute Gasteiger partial charge is 0.330 e. The summed E-state index contributed by atoms with van der Waals surface area (Å²) in [6.07, 6.45) is 2.47. The fraction of sp³-hybridized carbons (Fsp3) is 0.278. The maximum Gasteiger partial charge on any atom is 0.330 e. The van der Waals surface area contributed by atoms with Gasteiger partial charge in [0.25, 0.3) is 0 Å². The van der Waals surface area contributed by atoms with Crippen LogP contribution in [0.3, 0.4) is 0 Å². The van der Waals surface area contributed by atoms with Crippen molar-refractivity contribution in [3.63, 3.8) is 0 Å². The number of pyridine rings is 1.